The van der Waals surface area contributed by atoms with E-state index in [-0.39, 0.29) is 26.1 Å². The Morgan fingerprint density at radius 2 is 1.80 bits per heavy atom. The molecule has 1 unspecified atom stereocenters. The van der Waals surface area contributed by atoms with Gasteiger partial charge in [-0.05, 0) is 6.42 Å². The third kappa shape index (κ3) is 6.00. The number of carboxylic acids is 1. The molecule has 0 aromatic carbocycles. The number of hydrogen-bond acceptors (Lipinski definition) is 6. The lowest BCUT2D eigenvalue weighted by molar-refractivity contribution is -0.147. The van der Waals surface area contributed by atoms with Crippen LogP contribution in [0.15, 0.2) is 0 Å². The number of carbonyl (C=O) groups excluding carboxylic acids is 1. The Morgan fingerprint density at radius 3 is 2.27 bits per heavy atom. The molecular weight excluding hydrogens is 204 g/mol. The minimum atomic E-state index is -1.15. The highest BCUT2D eigenvalue weighted by Crippen LogP contribution is 1.95. The topological polar surface area (TPSA) is 136 Å². The Morgan fingerprint density at radius 1 is 1.20 bits per heavy atom. The monoisotopic (exact) mass is 220 g/mol. The van der Waals surface area contributed by atoms with E-state index in [0.717, 1.165) is 0 Å². The maximum Gasteiger partial charge on any atom is 0.322 e. The lowest BCUT2D eigenvalue weighted by atomic mass is 10.2. The van der Waals surface area contributed by atoms with Gasteiger partial charge in [-0.15, -0.1) is 0 Å². The van der Waals surface area contributed by atoms with Crippen LogP contribution in [0, 0.1) is 0 Å². The molecule has 15 heavy (non-hydrogen) atoms. The number of aliphatic hydroxyl groups excluding tert-OH is 1. The molecule has 0 rings (SSSR count). The molecule has 0 amide bonds. The zero-order valence-electron chi connectivity index (χ0n) is 8.26. The number of aliphatic carboxylic acids is 1. The summed E-state index contributed by atoms with van der Waals surface area (Å²) in [5, 5.41) is 16.9. The minimum absolute atomic E-state index is 0.0346. The molecule has 2 atom stereocenters. The van der Waals surface area contributed by atoms with Gasteiger partial charge in [0.25, 0.3) is 0 Å². The Hall–Kier alpha value is -1.18. The lowest BCUT2D eigenvalue weighted by Crippen LogP contribution is -2.35. The van der Waals surface area contributed by atoms with Crippen LogP contribution in [0.25, 0.3) is 0 Å². The number of carboxylic acid groups (broad SMARTS) is 1. The highest BCUT2D eigenvalue weighted by atomic mass is 16.5. The van der Waals surface area contributed by atoms with Crippen molar-refractivity contribution in [3.63, 3.8) is 0 Å². The first-order chi connectivity index (χ1) is 6.99. The van der Waals surface area contributed by atoms with Crippen molar-refractivity contribution in [1.82, 2.24) is 0 Å². The van der Waals surface area contributed by atoms with E-state index in [1.165, 1.54) is 0 Å². The normalized spacial score (nSPS) is 14.3. The first kappa shape index (κ1) is 13.8. The Kier molecular flexibility index (Phi) is 6.59. The summed E-state index contributed by atoms with van der Waals surface area (Å²) in [6.07, 6.45) is 0.150. The highest BCUT2D eigenvalue weighted by molar-refractivity contribution is 5.75. The molecule has 0 saturated heterocycles. The Balaban J connectivity index is 3.67. The van der Waals surface area contributed by atoms with Crippen LogP contribution in [0.5, 0.6) is 0 Å². The number of rotatable bonds is 7. The highest BCUT2D eigenvalue weighted by Gasteiger charge is 2.16. The van der Waals surface area contributed by atoms with Gasteiger partial charge in [-0.2, -0.15) is 0 Å². The van der Waals surface area contributed by atoms with E-state index in [2.05, 4.69) is 4.74 Å². The fourth-order valence-electron chi connectivity index (χ4n) is 0.774. The molecule has 6 N–H and O–H groups in total. The zero-order valence-corrected chi connectivity index (χ0v) is 8.26. The van der Waals surface area contributed by atoms with Gasteiger partial charge >= 0.3 is 11.9 Å². The van der Waals surface area contributed by atoms with E-state index in [4.69, 9.17) is 21.7 Å². The van der Waals surface area contributed by atoms with Crippen LogP contribution >= 0.6 is 0 Å². The van der Waals surface area contributed by atoms with E-state index in [1.54, 1.807) is 0 Å². The van der Waals surface area contributed by atoms with Gasteiger partial charge in [0.2, 0.25) is 0 Å². The summed E-state index contributed by atoms with van der Waals surface area (Å²) in [4.78, 5) is 21.3. The number of ether oxygens (including phenoxy) is 1. The van der Waals surface area contributed by atoms with Gasteiger partial charge in [-0.1, -0.05) is 0 Å². The van der Waals surface area contributed by atoms with Crippen molar-refractivity contribution in [2.24, 2.45) is 11.5 Å². The zero-order chi connectivity index (χ0) is 11.8. The van der Waals surface area contributed by atoms with Crippen LogP contribution in [0.1, 0.15) is 12.8 Å². The average molecular weight is 220 g/mol. The minimum Gasteiger partial charge on any atom is -0.480 e. The van der Waals surface area contributed by atoms with Crippen molar-refractivity contribution in [2.75, 3.05) is 13.2 Å². The third-order valence-corrected chi connectivity index (χ3v) is 1.73. The van der Waals surface area contributed by atoms with Gasteiger partial charge in [0.1, 0.15) is 12.1 Å². The van der Waals surface area contributed by atoms with Crippen molar-refractivity contribution < 1.29 is 24.5 Å². The third-order valence-electron chi connectivity index (χ3n) is 1.73. The molecule has 0 heterocycles. The molecule has 0 bridgehead atoms. The average Bonchev–Trinajstić information content (AvgIpc) is 2.17. The maximum absolute atomic E-state index is 11.0. The van der Waals surface area contributed by atoms with E-state index in [0.29, 0.717) is 0 Å². The van der Waals surface area contributed by atoms with Gasteiger partial charge in [0.05, 0.1) is 6.61 Å². The van der Waals surface area contributed by atoms with E-state index in [1.807, 2.05) is 0 Å². The standard InChI is InChI=1S/C8H16N2O5/c9-5(7(12)13)2-4-15-8(14)6(10)1-3-11/h5-6,11H,1-4,9-10H2,(H,12,13)/t5-,6?/m0/s1. The predicted octanol–water partition coefficient (Wildman–Crippen LogP) is -1.96. The summed E-state index contributed by atoms with van der Waals surface area (Å²) in [5.74, 6) is -1.81. The summed E-state index contributed by atoms with van der Waals surface area (Å²) in [6, 6.07) is -1.93. The molecule has 0 spiro atoms. The maximum atomic E-state index is 11.0. The van der Waals surface area contributed by atoms with Crippen LogP contribution in [0.2, 0.25) is 0 Å². The largest absolute Gasteiger partial charge is 0.480 e. The molecule has 0 radical (unpaired) electrons. The molecule has 0 aliphatic heterocycles. The molecule has 0 aromatic rings. The van der Waals surface area contributed by atoms with Gasteiger partial charge in [-0.25, -0.2) is 0 Å². The van der Waals surface area contributed by atoms with Crippen LogP contribution in [0.4, 0.5) is 0 Å². The van der Waals surface area contributed by atoms with Gasteiger partial charge in [0, 0.05) is 13.0 Å². The number of aliphatic hydroxyl groups is 1. The second-order valence-corrected chi connectivity index (χ2v) is 3.02. The van der Waals surface area contributed by atoms with Gasteiger partial charge in [-0.3, -0.25) is 9.59 Å². The lowest BCUT2D eigenvalue weighted by Gasteiger charge is -2.11. The molecule has 0 aliphatic carbocycles. The summed E-state index contributed by atoms with van der Waals surface area (Å²) in [7, 11) is 0. The number of nitrogens with two attached hydrogens (primary N) is 2. The molecule has 7 nitrogen and oxygen atoms in total. The Labute approximate surface area is 87.0 Å². The first-order valence-electron chi connectivity index (χ1n) is 4.50. The van der Waals surface area contributed by atoms with E-state index >= 15 is 0 Å². The quantitative estimate of drug-likeness (QED) is 0.366. The van der Waals surface area contributed by atoms with Crippen molar-refractivity contribution in [2.45, 2.75) is 24.9 Å². The van der Waals surface area contributed by atoms with Crippen molar-refractivity contribution >= 4 is 11.9 Å². The molecule has 0 aromatic heterocycles. The SMILES string of the molecule is NC(CCO)C(=O)OCC[C@H](N)C(=O)O. The molecule has 88 valence electrons. The fraction of sp³-hybridized carbons (Fsp3) is 0.750. The van der Waals surface area contributed by atoms with Crippen molar-refractivity contribution in [1.29, 1.82) is 0 Å². The predicted molar refractivity (Wildman–Crippen MR) is 50.9 cm³/mol. The number of esters is 1. The Bertz CT molecular complexity index is 221. The van der Waals surface area contributed by atoms with Gasteiger partial charge < -0.3 is 26.4 Å². The summed E-state index contributed by atoms with van der Waals surface area (Å²) in [6.45, 7) is -0.295. The number of hydrogen-bond donors (Lipinski definition) is 4. The fourth-order valence-corrected chi connectivity index (χ4v) is 0.774. The number of carbonyl (C=O) groups is 2. The molecular formula is C8H16N2O5. The van der Waals surface area contributed by atoms with Crippen molar-refractivity contribution in [3.8, 4) is 0 Å². The molecule has 7 heteroatoms. The van der Waals surface area contributed by atoms with Crippen molar-refractivity contribution in [3.05, 3.63) is 0 Å². The summed E-state index contributed by atoms with van der Waals surface area (Å²) in [5.41, 5.74) is 10.5. The second-order valence-electron chi connectivity index (χ2n) is 3.02. The van der Waals surface area contributed by atoms with Crippen LogP contribution in [-0.4, -0.2) is 47.4 Å². The first-order valence-corrected chi connectivity index (χ1v) is 4.50. The molecule has 0 saturated carbocycles. The smallest absolute Gasteiger partial charge is 0.322 e. The van der Waals surface area contributed by atoms with Crippen LogP contribution in [-0.2, 0) is 14.3 Å². The van der Waals surface area contributed by atoms with Crippen LogP contribution in [0.3, 0.4) is 0 Å². The van der Waals surface area contributed by atoms with E-state index < -0.39 is 24.0 Å². The van der Waals surface area contributed by atoms with Gasteiger partial charge in [0.15, 0.2) is 0 Å². The second kappa shape index (κ2) is 7.16. The van der Waals surface area contributed by atoms with E-state index in [9.17, 15) is 9.59 Å². The van der Waals surface area contributed by atoms with Crippen LogP contribution < -0.4 is 11.5 Å². The summed E-state index contributed by atoms with van der Waals surface area (Å²) >= 11 is 0. The molecule has 0 fully saturated rings. The molecule has 0 aliphatic rings. The summed E-state index contributed by atoms with van der Waals surface area (Å²) < 4.78 is 4.66.